The van der Waals surface area contributed by atoms with E-state index in [9.17, 15) is 23.3 Å². The molecule has 0 amide bonds. The van der Waals surface area contributed by atoms with Crippen LogP contribution in [0.2, 0.25) is 0 Å². The molecule has 0 aliphatic heterocycles. The third-order valence-corrected chi connectivity index (χ3v) is 2.05. The molecule has 1 N–H and O–H groups in total. The van der Waals surface area contributed by atoms with Crippen LogP contribution in [-0.2, 0) is 6.18 Å². The Labute approximate surface area is 86.1 Å². The highest BCUT2D eigenvalue weighted by atomic mass is 19.4. The average Bonchev–Trinajstić information content (AvgIpc) is 2.59. The van der Waals surface area contributed by atoms with E-state index in [-0.39, 0.29) is 5.65 Å². The first-order chi connectivity index (χ1) is 7.41. The maximum absolute atomic E-state index is 12.5. The van der Waals surface area contributed by atoms with E-state index < -0.39 is 27.7 Å². The Morgan fingerprint density at radius 3 is 2.69 bits per heavy atom. The molecule has 0 aliphatic carbocycles. The van der Waals surface area contributed by atoms with Crippen molar-refractivity contribution >= 4 is 16.7 Å². The van der Waals surface area contributed by atoms with Gasteiger partial charge in [0, 0.05) is 18.5 Å². The summed E-state index contributed by atoms with van der Waals surface area (Å²) in [7, 11) is 0. The van der Waals surface area contributed by atoms with Gasteiger partial charge in [0.25, 0.3) is 5.69 Å². The van der Waals surface area contributed by atoms with Crippen LogP contribution in [0.4, 0.5) is 18.9 Å². The van der Waals surface area contributed by atoms with Crippen LogP contribution in [0.25, 0.3) is 11.0 Å². The number of pyridine rings is 1. The van der Waals surface area contributed by atoms with Gasteiger partial charge < -0.3 is 4.98 Å². The molecule has 0 aliphatic rings. The van der Waals surface area contributed by atoms with E-state index in [1.807, 2.05) is 0 Å². The molecule has 0 spiro atoms. The Balaban J connectivity index is 2.83. The molecule has 16 heavy (non-hydrogen) atoms. The number of H-pyrrole nitrogens is 1. The Morgan fingerprint density at radius 1 is 1.44 bits per heavy atom. The molecule has 0 saturated carbocycles. The summed E-state index contributed by atoms with van der Waals surface area (Å²) in [6.07, 6.45) is -2.90. The summed E-state index contributed by atoms with van der Waals surface area (Å²) >= 11 is 0. The first-order valence-corrected chi connectivity index (χ1v) is 4.09. The van der Waals surface area contributed by atoms with Gasteiger partial charge >= 0.3 is 6.18 Å². The fourth-order valence-corrected chi connectivity index (χ4v) is 1.41. The number of nitrogens with one attached hydrogen (secondary N) is 1. The number of fused-ring (bicyclic) bond motifs is 1. The summed E-state index contributed by atoms with van der Waals surface area (Å²) in [5, 5.41) is 10.1. The predicted molar refractivity (Wildman–Crippen MR) is 47.8 cm³/mol. The SMILES string of the molecule is O=[N+]([O-])c1ccnc2[nH]cc(C(F)(F)F)c12. The maximum Gasteiger partial charge on any atom is 0.418 e. The normalized spacial score (nSPS) is 11.9. The Kier molecular flexibility index (Phi) is 2.07. The highest BCUT2D eigenvalue weighted by Gasteiger charge is 2.36. The molecular formula is C8H4F3N3O2. The van der Waals surface area contributed by atoms with Crippen LogP contribution in [0, 0.1) is 10.1 Å². The van der Waals surface area contributed by atoms with Crippen molar-refractivity contribution in [2.45, 2.75) is 6.18 Å². The molecular weight excluding hydrogens is 227 g/mol. The number of aromatic nitrogens is 2. The Morgan fingerprint density at radius 2 is 2.12 bits per heavy atom. The lowest BCUT2D eigenvalue weighted by Gasteiger charge is -2.03. The van der Waals surface area contributed by atoms with Gasteiger partial charge in [-0.3, -0.25) is 10.1 Å². The zero-order valence-corrected chi connectivity index (χ0v) is 7.58. The fourth-order valence-electron chi connectivity index (χ4n) is 1.41. The number of nitrogens with zero attached hydrogens (tertiary/aromatic N) is 2. The lowest BCUT2D eigenvalue weighted by molar-refractivity contribution is -0.383. The van der Waals surface area contributed by atoms with Crippen molar-refractivity contribution in [3.63, 3.8) is 0 Å². The number of aromatic amines is 1. The van der Waals surface area contributed by atoms with Gasteiger partial charge in [-0.15, -0.1) is 0 Å². The average molecular weight is 231 g/mol. The number of alkyl halides is 3. The van der Waals surface area contributed by atoms with Crippen LogP contribution in [-0.4, -0.2) is 14.9 Å². The second kappa shape index (κ2) is 3.19. The van der Waals surface area contributed by atoms with Crippen LogP contribution >= 0.6 is 0 Å². The quantitative estimate of drug-likeness (QED) is 0.605. The molecule has 8 heteroatoms. The van der Waals surface area contributed by atoms with E-state index in [4.69, 9.17) is 0 Å². The van der Waals surface area contributed by atoms with E-state index in [0.717, 1.165) is 12.3 Å². The number of hydrogen-bond donors (Lipinski definition) is 1. The molecule has 0 aromatic carbocycles. The maximum atomic E-state index is 12.5. The standard InChI is InChI=1S/C8H4F3N3O2/c9-8(10,11)4-3-13-7-6(4)5(14(15)16)1-2-12-7/h1-3H,(H,12,13). The molecule has 2 aromatic rings. The van der Waals surface area contributed by atoms with Gasteiger partial charge in [-0.1, -0.05) is 0 Å². The number of halogens is 3. The summed E-state index contributed by atoms with van der Waals surface area (Å²) in [6.45, 7) is 0. The molecule has 2 rings (SSSR count). The minimum atomic E-state index is -4.65. The van der Waals surface area contributed by atoms with E-state index in [0.29, 0.717) is 6.20 Å². The zero-order valence-electron chi connectivity index (χ0n) is 7.58. The van der Waals surface area contributed by atoms with E-state index in [2.05, 4.69) is 9.97 Å². The molecule has 0 fully saturated rings. The van der Waals surface area contributed by atoms with Crippen molar-refractivity contribution in [3.05, 3.63) is 34.1 Å². The van der Waals surface area contributed by atoms with Crippen molar-refractivity contribution < 1.29 is 18.1 Å². The van der Waals surface area contributed by atoms with Gasteiger partial charge in [0.15, 0.2) is 0 Å². The summed E-state index contributed by atoms with van der Waals surface area (Å²) in [6, 6.07) is 0.936. The fraction of sp³-hybridized carbons (Fsp3) is 0.125. The third-order valence-electron chi connectivity index (χ3n) is 2.05. The van der Waals surface area contributed by atoms with Gasteiger partial charge in [0.1, 0.15) is 11.0 Å². The second-order valence-corrected chi connectivity index (χ2v) is 3.01. The summed E-state index contributed by atoms with van der Waals surface area (Å²) in [5.41, 5.74) is -1.84. The van der Waals surface area contributed by atoms with Crippen LogP contribution in [0.1, 0.15) is 5.56 Å². The van der Waals surface area contributed by atoms with Crippen molar-refractivity contribution in [1.29, 1.82) is 0 Å². The summed E-state index contributed by atoms with van der Waals surface area (Å²) in [5.74, 6) is 0. The first kappa shape index (κ1) is 10.4. The van der Waals surface area contributed by atoms with Crippen molar-refractivity contribution in [2.24, 2.45) is 0 Å². The summed E-state index contributed by atoms with van der Waals surface area (Å²) in [4.78, 5) is 15.6. The third kappa shape index (κ3) is 1.47. The molecule has 0 bridgehead atoms. The van der Waals surface area contributed by atoms with Gasteiger partial charge in [-0.25, -0.2) is 4.98 Å². The lowest BCUT2D eigenvalue weighted by atomic mass is 10.2. The molecule has 5 nitrogen and oxygen atoms in total. The lowest BCUT2D eigenvalue weighted by Crippen LogP contribution is -2.04. The molecule has 0 unspecified atom stereocenters. The molecule has 0 atom stereocenters. The van der Waals surface area contributed by atoms with Gasteiger partial charge in [-0.2, -0.15) is 13.2 Å². The monoisotopic (exact) mass is 231 g/mol. The van der Waals surface area contributed by atoms with Crippen LogP contribution in [0.3, 0.4) is 0 Å². The van der Waals surface area contributed by atoms with Crippen molar-refractivity contribution in [1.82, 2.24) is 9.97 Å². The smallest absolute Gasteiger partial charge is 0.345 e. The number of rotatable bonds is 1. The van der Waals surface area contributed by atoms with Crippen LogP contribution < -0.4 is 0 Å². The minimum absolute atomic E-state index is 0.151. The molecule has 2 aromatic heterocycles. The highest BCUT2D eigenvalue weighted by Crippen LogP contribution is 2.37. The Bertz CT molecular complexity index is 561. The molecule has 84 valence electrons. The topological polar surface area (TPSA) is 71.8 Å². The van der Waals surface area contributed by atoms with Crippen molar-refractivity contribution in [2.75, 3.05) is 0 Å². The van der Waals surface area contributed by atoms with Crippen LogP contribution in [0.5, 0.6) is 0 Å². The second-order valence-electron chi connectivity index (χ2n) is 3.01. The molecule has 0 saturated heterocycles. The van der Waals surface area contributed by atoms with Gasteiger partial charge in [0.05, 0.1) is 10.5 Å². The van der Waals surface area contributed by atoms with Gasteiger partial charge in [-0.05, 0) is 0 Å². The van der Waals surface area contributed by atoms with E-state index in [1.54, 1.807) is 0 Å². The number of hydrogen-bond acceptors (Lipinski definition) is 3. The van der Waals surface area contributed by atoms with Gasteiger partial charge in [0.2, 0.25) is 0 Å². The predicted octanol–water partition coefficient (Wildman–Crippen LogP) is 2.49. The highest BCUT2D eigenvalue weighted by molar-refractivity contribution is 5.89. The molecule has 2 heterocycles. The summed E-state index contributed by atoms with van der Waals surface area (Å²) < 4.78 is 37.6. The van der Waals surface area contributed by atoms with Crippen LogP contribution in [0.15, 0.2) is 18.5 Å². The zero-order chi connectivity index (χ0) is 11.9. The Hall–Kier alpha value is -2.12. The van der Waals surface area contributed by atoms with E-state index in [1.165, 1.54) is 0 Å². The first-order valence-electron chi connectivity index (χ1n) is 4.09. The minimum Gasteiger partial charge on any atom is -0.345 e. The molecule has 0 radical (unpaired) electrons. The largest absolute Gasteiger partial charge is 0.418 e. The number of nitro groups is 1. The van der Waals surface area contributed by atoms with E-state index >= 15 is 0 Å². The van der Waals surface area contributed by atoms with Crippen molar-refractivity contribution in [3.8, 4) is 0 Å².